The molecule has 0 aromatic heterocycles. The van der Waals surface area contributed by atoms with Crippen LogP contribution in [0.3, 0.4) is 0 Å². The summed E-state index contributed by atoms with van der Waals surface area (Å²) in [5, 5.41) is 5.62. The van der Waals surface area contributed by atoms with E-state index in [0.29, 0.717) is 13.0 Å². The zero-order valence-corrected chi connectivity index (χ0v) is 22.0. The lowest BCUT2D eigenvalue weighted by Crippen LogP contribution is -2.56. The molecular formula is C25H41N3O4S. The highest BCUT2D eigenvalue weighted by Crippen LogP contribution is 2.28. The predicted octanol–water partition coefficient (Wildman–Crippen LogP) is 4.40. The molecule has 2 N–H and O–H groups in total. The second-order valence-electron chi connectivity index (χ2n) is 9.29. The first kappa shape index (κ1) is 28.8. The van der Waals surface area contributed by atoms with Crippen molar-refractivity contribution in [1.29, 1.82) is 0 Å². The third-order valence-electron chi connectivity index (χ3n) is 5.33. The molecule has 1 rings (SSSR count). The lowest BCUT2D eigenvalue weighted by Gasteiger charge is -2.38. The monoisotopic (exact) mass is 479 g/mol. The number of nitrogens with zero attached hydrogens (tertiary/aromatic N) is 1. The highest BCUT2D eigenvalue weighted by molar-refractivity contribution is 7.80. The van der Waals surface area contributed by atoms with E-state index in [4.69, 9.17) is 4.74 Å². The number of carbonyl (C=O) groups excluding carboxylic acids is 3. The molecule has 0 saturated carbocycles. The number of carbonyl (C=O) groups is 3. The number of hydrogen-bond donors (Lipinski definition) is 3. The van der Waals surface area contributed by atoms with Crippen LogP contribution in [-0.4, -0.2) is 52.8 Å². The zero-order valence-electron chi connectivity index (χ0n) is 21.1. The number of thiol groups is 1. The maximum Gasteiger partial charge on any atom is 0.408 e. The molecule has 0 aliphatic rings. The van der Waals surface area contributed by atoms with Crippen molar-refractivity contribution >= 4 is 30.5 Å². The summed E-state index contributed by atoms with van der Waals surface area (Å²) in [7, 11) is 0. The minimum Gasteiger partial charge on any atom is -0.444 e. The van der Waals surface area contributed by atoms with Crippen molar-refractivity contribution in [1.82, 2.24) is 15.5 Å². The Kier molecular flexibility index (Phi) is 11.8. The molecule has 186 valence electrons. The van der Waals surface area contributed by atoms with Crippen molar-refractivity contribution < 1.29 is 19.1 Å². The Morgan fingerprint density at radius 3 is 2.30 bits per heavy atom. The van der Waals surface area contributed by atoms with Crippen LogP contribution in [0, 0.1) is 6.92 Å². The van der Waals surface area contributed by atoms with Gasteiger partial charge in [-0.3, -0.25) is 9.59 Å². The van der Waals surface area contributed by atoms with E-state index in [9.17, 15) is 14.4 Å². The molecule has 0 saturated heterocycles. The fraction of sp³-hybridized carbons (Fsp3) is 0.640. The zero-order chi connectivity index (χ0) is 25.2. The number of ether oxygens (including phenoxy) is 1. The van der Waals surface area contributed by atoms with Gasteiger partial charge in [-0.1, -0.05) is 44.5 Å². The maximum atomic E-state index is 13.8. The van der Waals surface area contributed by atoms with Crippen LogP contribution >= 0.6 is 12.6 Å². The van der Waals surface area contributed by atoms with Gasteiger partial charge >= 0.3 is 6.09 Å². The summed E-state index contributed by atoms with van der Waals surface area (Å²) in [4.78, 5) is 41.1. The van der Waals surface area contributed by atoms with Gasteiger partial charge in [-0.2, -0.15) is 12.6 Å². The minimum atomic E-state index is -0.938. The number of nitrogens with one attached hydrogen (secondary N) is 2. The number of benzene rings is 1. The molecule has 3 unspecified atom stereocenters. The molecule has 0 bridgehead atoms. The van der Waals surface area contributed by atoms with Gasteiger partial charge in [-0.05, 0) is 58.6 Å². The average Bonchev–Trinajstić information content (AvgIpc) is 2.74. The Balaban J connectivity index is 3.38. The number of hydrogen-bond acceptors (Lipinski definition) is 5. The molecular weight excluding hydrogens is 438 g/mol. The van der Waals surface area contributed by atoms with E-state index in [1.165, 1.54) is 0 Å². The molecule has 7 nitrogen and oxygen atoms in total. The molecule has 3 atom stereocenters. The highest BCUT2D eigenvalue weighted by atomic mass is 32.1. The topological polar surface area (TPSA) is 87.7 Å². The van der Waals surface area contributed by atoms with Crippen LogP contribution in [0.15, 0.2) is 24.3 Å². The van der Waals surface area contributed by atoms with Crippen LogP contribution in [0.4, 0.5) is 4.79 Å². The van der Waals surface area contributed by atoms with E-state index in [1.807, 2.05) is 45.0 Å². The molecule has 3 amide bonds. The Morgan fingerprint density at radius 1 is 1.15 bits per heavy atom. The lowest BCUT2D eigenvalue weighted by atomic mass is 9.96. The van der Waals surface area contributed by atoms with Gasteiger partial charge in [0.15, 0.2) is 0 Å². The number of alkyl carbamates (subject to hydrolysis) is 1. The Labute approximate surface area is 204 Å². The van der Waals surface area contributed by atoms with Gasteiger partial charge in [0.25, 0.3) is 0 Å². The molecule has 0 aliphatic carbocycles. The van der Waals surface area contributed by atoms with E-state index in [0.717, 1.165) is 24.0 Å². The fourth-order valence-corrected chi connectivity index (χ4v) is 3.65. The van der Waals surface area contributed by atoms with Gasteiger partial charge in [-0.25, -0.2) is 4.79 Å². The summed E-state index contributed by atoms with van der Waals surface area (Å²) in [5.41, 5.74) is 0.972. The van der Waals surface area contributed by atoms with Gasteiger partial charge in [0.1, 0.15) is 17.7 Å². The van der Waals surface area contributed by atoms with E-state index in [2.05, 4.69) is 30.2 Å². The molecule has 0 aliphatic heterocycles. The van der Waals surface area contributed by atoms with Gasteiger partial charge in [0.2, 0.25) is 11.8 Å². The van der Waals surface area contributed by atoms with Crippen molar-refractivity contribution in [3.05, 3.63) is 35.4 Å². The smallest absolute Gasteiger partial charge is 0.408 e. The molecule has 0 heterocycles. The molecule has 1 aromatic rings. The van der Waals surface area contributed by atoms with Crippen molar-refractivity contribution in [2.75, 3.05) is 12.3 Å². The fourth-order valence-electron chi connectivity index (χ4n) is 3.41. The van der Waals surface area contributed by atoms with Crippen molar-refractivity contribution in [3.63, 3.8) is 0 Å². The Morgan fingerprint density at radius 2 is 1.79 bits per heavy atom. The maximum absolute atomic E-state index is 13.8. The van der Waals surface area contributed by atoms with Gasteiger partial charge in [0, 0.05) is 18.3 Å². The first-order valence-electron chi connectivity index (χ1n) is 11.7. The SMILES string of the molecule is CCCCNC(=O)C(c1ccccc1C)N(C(=O)C(CS)NC(=O)OC(C)(C)C)C(C)CC. The molecule has 33 heavy (non-hydrogen) atoms. The average molecular weight is 480 g/mol. The largest absolute Gasteiger partial charge is 0.444 e. The molecule has 0 fully saturated rings. The summed E-state index contributed by atoms with van der Waals surface area (Å²) in [6.45, 7) is 13.7. The van der Waals surface area contributed by atoms with Crippen LogP contribution in [0.2, 0.25) is 0 Å². The number of rotatable bonds is 11. The van der Waals surface area contributed by atoms with Crippen molar-refractivity contribution in [2.24, 2.45) is 0 Å². The summed E-state index contributed by atoms with van der Waals surface area (Å²) in [6, 6.07) is 5.56. The molecule has 0 radical (unpaired) electrons. The molecule has 0 spiro atoms. The number of aryl methyl sites for hydroxylation is 1. The minimum absolute atomic E-state index is 0.0724. The first-order chi connectivity index (χ1) is 15.5. The van der Waals surface area contributed by atoms with Crippen LogP contribution in [0.1, 0.15) is 78.0 Å². The van der Waals surface area contributed by atoms with Crippen LogP contribution in [0.25, 0.3) is 0 Å². The number of unbranched alkanes of at least 4 members (excludes halogenated alkanes) is 1. The van der Waals surface area contributed by atoms with Crippen LogP contribution in [-0.2, 0) is 14.3 Å². The van der Waals surface area contributed by atoms with Gasteiger partial charge < -0.3 is 20.3 Å². The van der Waals surface area contributed by atoms with E-state index >= 15 is 0 Å². The summed E-state index contributed by atoms with van der Waals surface area (Å²) in [6.07, 6.45) is 1.74. The van der Waals surface area contributed by atoms with E-state index < -0.39 is 23.8 Å². The van der Waals surface area contributed by atoms with E-state index in [1.54, 1.807) is 25.7 Å². The van der Waals surface area contributed by atoms with E-state index in [-0.39, 0.29) is 23.6 Å². The standard InChI is InChI=1S/C25H41N3O4S/c1-8-10-15-26-22(29)21(19-14-12-11-13-17(19)3)28(18(4)9-2)23(30)20(16-33)27-24(31)32-25(5,6)7/h11-14,18,20-21,33H,8-10,15-16H2,1-7H3,(H,26,29)(H,27,31). The first-order valence-corrected chi connectivity index (χ1v) is 12.4. The summed E-state index contributed by atoms with van der Waals surface area (Å²) in [5.74, 6) is -0.533. The summed E-state index contributed by atoms with van der Waals surface area (Å²) >= 11 is 4.31. The molecule has 1 aromatic carbocycles. The summed E-state index contributed by atoms with van der Waals surface area (Å²) < 4.78 is 5.33. The Hall–Kier alpha value is -2.22. The highest BCUT2D eigenvalue weighted by Gasteiger charge is 2.38. The molecule has 8 heteroatoms. The van der Waals surface area contributed by atoms with Gasteiger partial charge in [-0.15, -0.1) is 0 Å². The van der Waals surface area contributed by atoms with Crippen molar-refractivity contribution in [2.45, 2.75) is 91.5 Å². The van der Waals surface area contributed by atoms with Crippen LogP contribution < -0.4 is 10.6 Å². The Bertz CT molecular complexity index is 794. The predicted molar refractivity (Wildman–Crippen MR) is 135 cm³/mol. The normalized spacial score (nSPS) is 14.1. The quantitative estimate of drug-likeness (QED) is 0.324. The second kappa shape index (κ2) is 13.5. The van der Waals surface area contributed by atoms with Gasteiger partial charge in [0.05, 0.1) is 0 Å². The lowest BCUT2D eigenvalue weighted by molar-refractivity contribution is -0.144. The third kappa shape index (κ3) is 8.91. The number of amides is 3. The van der Waals surface area contributed by atoms with Crippen molar-refractivity contribution in [3.8, 4) is 0 Å². The second-order valence-corrected chi connectivity index (χ2v) is 9.65. The third-order valence-corrected chi connectivity index (χ3v) is 5.70. The van der Waals surface area contributed by atoms with Crippen LogP contribution in [0.5, 0.6) is 0 Å².